The minimum atomic E-state index is -0.990. The molecule has 1 unspecified atom stereocenters. The summed E-state index contributed by atoms with van der Waals surface area (Å²) in [6.07, 6.45) is 1.86. The zero-order chi connectivity index (χ0) is 29.2. The minimum absolute atomic E-state index is 0.0181. The fourth-order valence-corrected chi connectivity index (χ4v) is 4.56. The molecular weight excluding hydrogens is 504 g/mol. The van der Waals surface area contributed by atoms with E-state index in [-0.39, 0.29) is 31.7 Å². The highest BCUT2D eigenvalue weighted by atomic mass is 16.4. The summed E-state index contributed by atoms with van der Waals surface area (Å²) in [5.41, 5.74) is 0.341. The molecular formula is C28H40N4O7. The van der Waals surface area contributed by atoms with E-state index < -0.39 is 54.0 Å². The quantitative estimate of drug-likeness (QED) is 0.232. The van der Waals surface area contributed by atoms with E-state index in [2.05, 4.69) is 10.6 Å². The Morgan fingerprint density at radius 1 is 1.05 bits per heavy atom. The number of hydrogen-bond donors (Lipinski definition) is 5. The van der Waals surface area contributed by atoms with Gasteiger partial charge in [0.15, 0.2) is 0 Å². The Bertz CT molecular complexity index is 1050. The van der Waals surface area contributed by atoms with Crippen molar-refractivity contribution in [3.63, 3.8) is 0 Å². The van der Waals surface area contributed by atoms with Crippen molar-refractivity contribution in [1.29, 1.82) is 5.26 Å². The molecule has 214 valence electrons. The first-order chi connectivity index (χ1) is 18.4. The molecule has 11 heteroatoms. The average molecular weight is 545 g/mol. The monoisotopic (exact) mass is 544 g/mol. The molecule has 3 amide bonds. The number of likely N-dealkylation sites (tertiary alicyclic amines) is 1. The zero-order valence-corrected chi connectivity index (χ0v) is 22.9. The molecule has 0 saturated carbocycles. The van der Waals surface area contributed by atoms with Crippen LogP contribution in [0.15, 0.2) is 24.3 Å². The van der Waals surface area contributed by atoms with Crippen LogP contribution in [-0.4, -0.2) is 75.2 Å². The van der Waals surface area contributed by atoms with Gasteiger partial charge in [-0.2, -0.15) is 5.26 Å². The maximum atomic E-state index is 13.6. The van der Waals surface area contributed by atoms with Crippen LogP contribution >= 0.6 is 0 Å². The Balaban J connectivity index is 2.06. The molecule has 1 aromatic carbocycles. The molecule has 0 bridgehead atoms. The number of rotatable bonds is 13. The van der Waals surface area contributed by atoms with Crippen LogP contribution in [-0.2, 0) is 19.2 Å². The molecule has 11 nitrogen and oxygen atoms in total. The first-order valence-corrected chi connectivity index (χ1v) is 13.3. The van der Waals surface area contributed by atoms with Crippen molar-refractivity contribution in [3.05, 3.63) is 35.4 Å². The molecule has 0 aromatic heterocycles. The zero-order valence-electron chi connectivity index (χ0n) is 22.9. The van der Waals surface area contributed by atoms with Gasteiger partial charge in [0, 0.05) is 25.8 Å². The summed E-state index contributed by atoms with van der Waals surface area (Å²) in [5.74, 6) is -2.18. The second-order valence-corrected chi connectivity index (χ2v) is 11.0. The molecule has 0 aliphatic carbocycles. The predicted octanol–water partition coefficient (Wildman–Crippen LogP) is 1.63. The van der Waals surface area contributed by atoms with Crippen molar-refractivity contribution in [2.45, 2.75) is 89.9 Å². The SMILES string of the molecule is CC(C)(C)C(NC(=O)CCCCCCC(=O)O)C(=O)N1C[C@H](O)C[C@H]1C(=O)N[C@@H](CO)c1ccc(C#N)cc1. The summed E-state index contributed by atoms with van der Waals surface area (Å²) >= 11 is 0. The van der Waals surface area contributed by atoms with Crippen LogP contribution in [0.2, 0.25) is 0 Å². The number of carbonyl (C=O) groups is 4. The number of carboxylic acids is 1. The third kappa shape index (κ3) is 9.64. The van der Waals surface area contributed by atoms with Gasteiger partial charge in [0.2, 0.25) is 17.7 Å². The maximum absolute atomic E-state index is 13.6. The molecule has 1 saturated heterocycles. The number of carboxylic acid groups (broad SMARTS) is 1. The fraction of sp³-hybridized carbons (Fsp3) is 0.607. The summed E-state index contributed by atoms with van der Waals surface area (Å²) in [7, 11) is 0. The molecule has 1 fully saturated rings. The minimum Gasteiger partial charge on any atom is -0.481 e. The van der Waals surface area contributed by atoms with Gasteiger partial charge in [0.05, 0.1) is 30.4 Å². The van der Waals surface area contributed by atoms with Gasteiger partial charge in [0.1, 0.15) is 12.1 Å². The van der Waals surface area contributed by atoms with Crippen LogP contribution in [0, 0.1) is 16.7 Å². The predicted molar refractivity (Wildman–Crippen MR) is 142 cm³/mol. The number of benzene rings is 1. The first-order valence-electron chi connectivity index (χ1n) is 13.3. The molecule has 39 heavy (non-hydrogen) atoms. The number of nitrogens with zero attached hydrogens (tertiary/aromatic N) is 2. The highest BCUT2D eigenvalue weighted by Gasteiger charge is 2.44. The number of nitrogens with one attached hydrogen (secondary N) is 2. The van der Waals surface area contributed by atoms with Crippen molar-refractivity contribution in [2.24, 2.45) is 5.41 Å². The van der Waals surface area contributed by atoms with Crippen molar-refractivity contribution in [3.8, 4) is 6.07 Å². The van der Waals surface area contributed by atoms with Gasteiger partial charge in [-0.25, -0.2) is 0 Å². The molecule has 1 heterocycles. The van der Waals surface area contributed by atoms with Crippen LogP contribution < -0.4 is 10.6 Å². The molecule has 1 aliphatic heterocycles. The summed E-state index contributed by atoms with van der Waals surface area (Å²) < 4.78 is 0. The Morgan fingerprint density at radius 3 is 2.21 bits per heavy atom. The summed E-state index contributed by atoms with van der Waals surface area (Å²) in [5, 5.41) is 43.5. The topological polar surface area (TPSA) is 180 Å². The second-order valence-electron chi connectivity index (χ2n) is 11.0. The number of aliphatic hydroxyl groups excluding tert-OH is 2. The van der Waals surface area contributed by atoms with E-state index in [9.17, 15) is 29.4 Å². The Morgan fingerprint density at radius 2 is 1.67 bits per heavy atom. The third-order valence-corrected chi connectivity index (χ3v) is 6.77. The van der Waals surface area contributed by atoms with Gasteiger partial charge in [-0.05, 0) is 36.0 Å². The highest BCUT2D eigenvalue weighted by molar-refractivity contribution is 5.93. The number of unbranched alkanes of at least 4 members (excludes halogenated alkanes) is 3. The lowest BCUT2D eigenvalue weighted by molar-refractivity contribution is -0.144. The number of aliphatic carboxylic acids is 1. The third-order valence-electron chi connectivity index (χ3n) is 6.77. The highest BCUT2D eigenvalue weighted by Crippen LogP contribution is 2.27. The summed E-state index contributed by atoms with van der Waals surface area (Å²) in [6.45, 7) is 4.93. The van der Waals surface area contributed by atoms with Gasteiger partial charge in [-0.15, -0.1) is 0 Å². The van der Waals surface area contributed by atoms with Gasteiger partial charge in [-0.3, -0.25) is 19.2 Å². The number of carbonyl (C=O) groups excluding carboxylic acids is 3. The van der Waals surface area contributed by atoms with Crippen LogP contribution in [0.25, 0.3) is 0 Å². The molecule has 0 spiro atoms. The van der Waals surface area contributed by atoms with E-state index in [0.29, 0.717) is 36.8 Å². The van der Waals surface area contributed by atoms with Crippen molar-refractivity contribution < 1.29 is 34.5 Å². The van der Waals surface area contributed by atoms with Crippen molar-refractivity contribution in [1.82, 2.24) is 15.5 Å². The van der Waals surface area contributed by atoms with Gasteiger partial charge < -0.3 is 30.9 Å². The van der Waals surface area contributed by atoms with Crippen LogP contribution in [0.1, 0.15) is 82.9 Å². The van der Waals surface area contributed by atoms with Gasteiger partial charge in [-0.1, -0.05) is 45.7 Å². The molecule has 0 radical (unpaired) electrons. The molecule has 5 N–H and O–H groups in total. The number of hydrogen-bond acceptors (Lipinski definition) is 7. The van der Waals surface area contributed by atoms with Crippen molar-refractivity contribution >= 4 is 23.7 Å². The van der Waals surface area contributed by atoms with E-state index in [4.69, 9.17) is 10.4 Å². The molecule has 1 aromatic rings. The summed E-state index contributed by atoms with van der Waals surface area (Å²) in [4.78, 5) is 51.4. The van der Waals surface area contributed by atoms with E-state index in [0.717, 1.165) is 0 Å². The lowest BCUT2D eigenvalue weighted by Gasteiger charge is -2.35. The van der Waals surface area contributed by atoms with E-state index in [1.165, 1.54) is 4.90 Å². The molecule has 1 aliphatic rings. The number of aliphatic hydroxyl groups is 2. The summed E-state index contributed by atoms with van der Waals surface area (Å²) in [6, 6.07) is 5.72. The van der Waals surface area contributed by atoms with Gasteiger partial charge >= 0.3 is 5.97 Å². The average Bonchev–Trinajstić information content (AvgIpc) is 3.28. The Hall–Kier alpha value is -3.49. The Labute approximate surface area is 229 Å². The standard InChI is InChI=1S/C28H40N4O7/c1-28(2,3)25(31-23(35)8-6-4-5-7-9-24(36)37)27(39)32-16-20(34)14-22(32)26(38)30-21(17-33)19-12-10-18(15-29)11-13-19/h10-13,20-22,25,33-34H,4-9,14,16-17H2,1-3H3,(H,30,38)(H,31,35)(H,36,37)/t20-,21+,22+,25?/m1/s1. The smallest absolute Gasteiger partial charge is 0.303 e. The lowest BCUT2D eigenvalue weighted by Crippen LogP contribution is -2.58. The van der Waals surface area contributed by atoms with Crippen LogP contribution in [0.3, 0.4) is 0 Å². The number of amides is 3. The maximum Gasteiger partial charge on any atom is 0.303 e. The molecule has 4 atom stereocenters. The van der Waals surface area contributed by atoms with Crippen LogP contribution in [0.4, 0.5) is 0 Å². The van der Waals surface area contributed by atoms with Gasteiger partial charge in [0.25, 0.3) is 0 Å². The van der Waals surface area contributed by atoms with E-state index in [1.807, 2.05) is 6.07 Å². The number of β-amino-alcohol motifs (C(OH)–C–C–N with tert-alkyl or cyclic N) is 1. The van der Waals surface area contributed by atoms with Crippen molar-refractivity contribution in [2.75, 3.05) is 13.2 Å². The second kappa shape index (κ2) is 14.6. The van der Waals surface area contributed by atoms with E-state index in [1.54, 1.807) is 45.0 Å². The first kappa shape index (κ1) is 31.7. The largest absolute Gasteiger partial charge is 0.481 e. The Kier molecular flexibility index (Phi) is 11.9. The van der Waals surface area contributed by atoms with E-state index >= 15 is 0 Å². The fourth-order valence-electron chi connectivity index (χ4n) is 4.56. The normalized spacial score (nSPS) is 18.6. The lowest BCUT2D eigenvalue weighted by atomic mass is 9.85. The van der Waals surface area contributed by atoms with Crippen LogP contribution in [0.5, 0.6) is 0 Å². The molecule has 2 rings (SSSR count). The number of nitriles is 1.